The highest BCUT2D eigenvalue weighted by atomic mass is 19.1. The van der Waals surface area contributed by atoms with Crippen LogP contribution >= 0.6 is 0 Å². The number of hydrogen-bond acceptors (Lipinski definition) is 3. The van der Waals surface area contributed by atoms with Crippen LogP contribution in [-0.4, -0.2) is 19.1 Å². The Bertz CT molecular complexity index is 650. The number of carbonyl (C=O) groups is 1. The molecule has 3 rings (SSSR count). The first-order valence-electron chi connectivity index (χ1n) is 6.52. The van der Waals surface area contributed by atoms with Crippen LogP contribution in [0.25, 0.3) is 0 Å². The molecule has 0 aliphatic carbocycles. The number of aryl methyl sites for hydroxylation is 1. The average molecular weight is 275 g/mol. The number of nitrogens with zero attached hydrogens (tertiary/aromatic N) is 1. The van der Waals surface area contributed by atoms with Crippen molar-refractivity contribution in [3.8, 4) is 5.75 Å². The van der Waals surface area contributed by atoms with E-state index >= 15 is 0 Å². The lowest BCUT2D eigenvalue weighted by Crippen LogP contribution is -2.37. The summed E-state index contributed by atoms with van der Waals surface area (Å²) < 4.78 is 24.1. The number of amides is 1. The van der Waals surface area contributed by atoms with Gasteiger partial charge in [-0.05, 0) is 24.3 Å². The Morgan fingerprint density at radius 1 is 1.35 bits per heavy atom. The molecule has 0 unspecified atom stereocenters. The maximum Gasteiger partial charge on any atom is 0.294 e. The summed E-state index contributed by atoms with van der Waals surface area (Å²) in [6, 6.07) is 7.60. The summed E-state index contributed by atoms with van der Waals surface area (Å²) in [6.07, 6.45) is 0.734. The topological polar surface area (TPSA) is 42.7 Å². The number of ether oxygens (including phenoxy) is 1. The molecule has 2 heterocycles. The minimum Gasteiger partial charge on any atom is -0.489 e. The van der Waals surface area contributed by atoms with E-state index in [1.54, 1.807) is 23.1 Å². The molecule has 1 amide bonds. The Labute approximate surface area is 115 Å². The van der Waals surface area contributed by atoms with Gasteiger partial charge < -0.3 is 9.15 Å². The Kier molecular flexibility index (Phi) is 3.18. The predicted octanol–water partition coefficient (Wildman–Crippen LogP) is 3.02. The van der Waals surface area contributed by atoms with Crippen molar-refractivity contribution in [2.75, 3.05) is 18.1 Å². The van der Waals surface area contributed by atoms with Crippen LogP contribution in [0.5, 0.6) is 5.75 Å². The van der Waals surface area contributed by atoms with Crippen molar-refractivity contribution in [3.05, 3.63) is 47.7 Å². The van der Waals surface area contributed by atoms with Crippen molar-refractivity contribution in [1.29, 1.82) is 0 Å². The Morgan fingerprint density at radius 3 is 2.95 bits per heavy atom. The Balaban J connectivity index is 1.93. The van der Waals surface area contributed by atoms with Crippen molar-refractivity contribution in [1.82, 2.24) is 0 Å². The fraction of sp³-hybridized carbons (Fsp3) is 0.267. The van der Waals surface area contributed by atoms with E-state index in [1.807, 2.05) is 6.92 Å². The van der Waals surface area contributed by atoms with Crippen LogP contribution in [0, 0.1) is 5.82 Å². The van der Waals surface area contributed by atoms with E-state index in [0.29, 0.717) is 30.3 Å². The monoisotopic (exact) mass is 275 g/mol. The van der Waals surface area contributed by atoms with Gasteiger partial charge >= 0.3 is 0 Å². The number of hydrogen-bond donors (Lipinski definition) is 0. The predicted molar refractivity (Wildman–Crippen MR) is 71.7 cm³/mol. The van der Waals surface area contributed by atoms with E-state index in [2.05, 4.69) is 0 Å². The van der Waals surface area contributed by atoms with Crippen LogP contribution in [-0.2, 0) is 6.42 Å². The van der Waals surface area contributed by atoms with Crippen LogP contribution in [0.1, 0.15) is 23.2 Å². The van der Waals surface area contributed by atoms with Crippen LogP contribution in [0.2, 0.25) is 0 Å². The van der Waals surface area contributed by atoms with Gasteiger partial charge in [0.2, 0.25) is 0 Å². The zero-order valence-electron chi connectivity index (χ0n) is 11.1. The van der Waals surface area contributed by atoms with E-state index in [4.69, 9.17) is 9.15 Å². The molecule has 1 aliphatic heterocycles. The van der Waals surface area contributed by atoms with Gasteiger partial charge in [0.25, 0.3) is 5.91 Å². The minimum atomic E-state index is -0.385. The molecule has 0 bridgehead atoms. The summed E-state index contributed by atoms with van der Waals surface area (Å²) >= 11 is 0. The zero-order chi connectivity index (χ0) is 14.1. The molecule has 20 heavy (non-hydrogen) atoms. The van der Waals surface area contributed by atoms with Gasteiger partial charge in [0.05, 0.1) is 12.2 Å². The van der Waals surface area contributed by atoms with Gasteiger partial charge in [0.1, 0.15) is 23.9 Å². The Morgan fingerprint density at radius 2 is 2.20 bits per heavy atom. The lowest BCUT2D eigenvalue weighted by Gasteiger charge is -2.28. The standard InChI is InChI=1S/C15H14FNO3/c1-2-11-4-6-13(20-11)15(18)17-7-8-19-14-9-10(16)3-5-12(14)17/h3-6,9H,2,7-8H2,1H3. The van der Waals surface area contributed by atoms with Crippen LogP contribution in [0.3, 0.4) is 0 Å². The first-order chi connectivity index (χ1) is 9.69. The van der Waals surface area contributed by atoms with Crippen molar-refractivity contribution in [3.63, 3.8) is 0 Å². The lowest BCUT2D eigenvalue weighted by molar-refractivity contribution is 0.0948. The molecular formula is C15H14FNO3. The summed E-state index contributed by atoms with van der Waals surface area (Å²) in [5.41, 5.74) is 0.567. The van der Waals surface area contributed by atoms with Crippen LogP contribution in [0.15, 0.2) is 34.7 Å². The summed E-state index contributed by atoms with van der Waals surface area (Å²) in [4.78, 5) is 14.0. The van der Waals surface area contributed by atoms with E-state index in [9.17, 15) is 9.18 Å². The van der Waals surface area contributed by atoms with Crippen molar-refractivity contribution >= 4 is 11.6 Å². The molecule has 104 valence electrons. The molecule has 4 nitrogen and oxygen atoms in total. The molecule has 0 saturated carbocycles. The molecule has 0 atom stereocenters. The maximum absolute atomic E-state index is 13.2. The second kappa shape index (κ2) is 5.00. The maximum atomic E-state index is 13.2. The number of carbonyl (C=O) groups excluding carboxylic acids is 1. The van der Waals surface area contributed by atoms with E-state index in [0.717, 1.165) is 12.2 Å². The second-order valence-electron chi connectivity index (χ2n) is 4.54. The quantitative estimate of drug-likeness (QED) is 0.846. The van der Waals surface area contributed by atoms with E-state index < -0.39 is 0 Å². The number of furan rings is 1. The summed E-state index contributed by atoms with van der Waals surface area (Å²) in [7, 11) is 0. The molecule has 2 aromatic rings. The number of halogens is 1. The van der Waals surface area contributed by atoms with Gasteiger partial charge in [0, 0.05) is 12.5 Å². The molecule has 0 N–H and O–H groups in total. The van der Waals surface area contributed by atoms with Gasteiger partial charge in [-0.3, -0.25) is 9.69 Å². The Hall–Kier alpha value is -2.30. The first kappa shape index (κ1) is 12.7. The molecule has 1 aromatic heterocycles. The van der Waals surface area contributed by atoms with Gasteiger partial charge in [-0.15, -0.1) is 0 Å². The average Bonchev–Trinajstić information content (AvgIpc) is 2.94. The van der Waals surface area contributed by atoms with Gasteiger partial charge in [0.15, 0.2) is 5.76 Å². The van der Waals surface area contributed by atoms with Crippen molar-refractivity contribution in [2.45, 2.75) is 13.3 Å². The molecule has 5 heteroatoms. The summed E-state index contributed by atoms with van der Waals surface area (Å²) in [5.74, 6) is 0.817. The number of fused-ring (bicyclic) bond motifs is 1. The number of rotatable bonds is 2. The highest BCUT2D eigenvalue weighted by Gasteiger charge is 2.26. The third kappa shape index (κ3) is 2.15. The van der Waals surface area contributed by atoms with Crippen LogP contribution in [0.4, 0.5) is 10.1 Å². The van der Waals surface area contributed by atoms with Crippen LogP contribution < -0.4 is 9.64 Å². The normalized spacial score (nSPS) is 13.8. The third-order valence-corrected chi connectivity index (χ3v) is 3.25. The summed E-state index contributed by atoms with van der Waals surface area (Å²) in [5, 5.41) is 0. The molecule has 1 aromatic carbocycles. The fourth-order valence-corrected chi connectivity index (χ4v) is 2.22. The molecular weight excluding hydrogens is 261 g/mol. The largest absolute Gasteiger partial charge is 0.489 e. The third-order valence-electron chi connectivity index (χ3n) is 3.25. The second-order valence-corrected chi connectivity index (χ2v) is 4.54. The highest BCUT2D eigenvalue weighted by Crippen LogP contribution is 2.33. The molecule has 0 spiro atoms. The smallest absolute Gasteiger partial charge is 0.294 e. The number of benzene rings is 1. The zero-order valence-corrected chi connectivity index (χ0v) is 11.1. The van der Waals surface area contributed by atoms with Crippen molar-refractivity contribution < 1.29 is 18.3 Å². The van der Waals surface area contributed by atoms with E-state index in [1.165, 1.54) is 12.1 Å². The van der Waals surface area contributed by atoms with Gasteiger partial charge in [-0.2, -0.15) is 0 Å². The molecule has 0 saturated heterocycles. The first-order valence-corrected chi connectivity index (χ1v) is 6.52. The molecule has 0 radical (unpaired) electrons. The summed E-state index contributed by atoms with van der Waals surface area (Å²) in [6.45, 7) is 2.71. The lowest BCUT2D eigenvalue weighted by atomic mass is 10.2. The fourth-order valence-electron chi connectivity index (χ4n) is 2.22. The number of anilines is 1. The van der Waals surface area contributed by atoms with E-state index in [-0.39, 0.29) is 11.7 Å². The van der Waals surface area contributed by atoms with Gasteiger partial charge in [-0.1, -0.05) is 6.92 Å². The minimum absolute atomic E-state index is 0.235. The van der Waals surface area contributed by atoms with Crippen molar-refractivity contribution in [2.24, 2.45) is 0 Å². The molecule has 1 aliphatic rings. The SMILES string of the molecule is CCc1ccc(C(=O)N2CCOc3cc(F)ccc32)o1. The van der Waals surface area contributed by atoms with Gasteiger partial charge in [-0.25, -0.2) is 4.39 Å². The highest BCUT2D eigenvalue weighted by molar-refractivity contribution is 6.05. The molecule has 0 fully saturated rings.